The van der Waals surface area contributed by atoms with Crippen molar-refractivity contribution < 1.29 is 4.74 Å². The molecule has 2 heterocycles. The molecule has 1 unspecified atom stereocenters. The van der Waals surface area contributed by atoms with Crippen LogP contribution < -0.4 is 5.32 Å². The molecule has 1 atom stereocenters. The first-order valence-corrected chi connectivity index (χ1v) is 8.58. The van der Waals surface area contributed by atoms with Crippen molar-refractivity contribution in [3.63, 3.8) is 0 Å². The van der Waals surface area contributed by atoms with Gasteiger partial charge in [0.15, 0.2) is 0 Å². The van der Waals surface area contributed by atoms with Crippen molar-refractivity contribution in [2.45, 2.75) is 39.3 Å². The number of ether oxygens (including phenoxy) is 1. The van der Waals surface area contributed by atoms with E-state index in [1.807, 2.05) is 16.8 Å². The van der Waals surface area contributed by atoms with Crippen LogP contribution in [0.5, 0.6) is 0 Å². The molecule has 1 aromatic heterocycles. The van der Waals surface area contributed by atoms with Gasteiger partial charge in [-0.3, -0.25) is 0 Å². The summed E-state index contributed by atoms with van der Waals surface area (Å²) >= 11 is 3.47. The molecule has 1 N–H and O–H groups in total. The Morgan fingerprint density at radius 3 is 2.77 bits per heavy atom. The van der Waals surface area contributed by atoms with Gasteiger partial charge in [0.25, 0.3) is 0 Å². The molecule has 2 aromatic rings. The molecule has 22 heavy (non-hydrogen) atoms. The standard InChI is InChI=1S/C17H22BrN3O/c1-12-17(11-19-10-16-4-3-9-22-16)13(2)21(20-12)15-7-5-14(18)6-8-15/h5-8,16,19H,3-4,9-11H2,1-2H3. The molecule has 0 aliphatic carbocycles. The molecule has 1 fully saturated rings. The largest absolute Gasteiger partial charge is 0.377 e. The van der Waals surface area contributed by atoms with E-state index >= 15 is 0 Å². The predicted molar refractivity (Wildman–Crippen MR) is 91.4 cm³/mol. The van der Waals surface area contributed by atoms with Gasteiger partial charge in [-0.25, -0.2) is 4.68 Å². The fourth-order valence-electron chi connectivity index (χ4n) is 2.93. The van der Waals surface area contributed by atoms with Gasteiger partial charge in [-0.15, -0.1) is 0 Å². The molecule has 1 aliphatic heterocycles. The number of rotatable bonds is 5. The molecule has 5 heteroatoms. The average Bonchev–Trinajstić information content (AvgIpc) is 3.11. The monoisotopic (exact) mass is 363 g/mol. The molecule has 0 bridgehead atoms. The van der Waals surface area contributed by atoms with Gasteiger partial charge in [-0.1, -0.05) is 15.9 Å². The third-order valence-electron chi connectivity index (χ3n) is 4.21. The summed E-state index contributed by atoms with van der Waals surface area (Å²) in [5, 5.41) is 8.20. The van der Waals surface area contributed by atoms with Crippen molar-refractivity contribution in [3.05, 3.63) is 45.7 Å². The first-order chi connectivity index (χ1) is 10.6. The minimum atomic E-state index is 0.377. The molecule has 118 valence electrons. The second-order valence-corrected chi connectivity index (χ2v) is 6.72. The van der Waals surface area contributed by atoms with E-state index in [1.165, 1.54) is 24.1 Å². The zero-order valence-corrected chi connectivity index (χ0v) is 14.7. The Bertz CT molecular complexity index is 630. The SMILES string of the molecule is Cc1nn(-c2ccc(Br)cc2)c(C)c1CNCC1CCCO1. The molecule has 1 aromatic carbocycles. The topological polar surface area (TPSA) is 39.1 Å². The average molecular weight is 364 g/mol. The smallest absolute Gasteiger partial charge is 0.0700 e. The lowest BCUT2D eigenvalue weighted by Crippen LogP contribution is -2.26. The molecule has 4 nitrogen and oxygen atoms in total. The minimum absolute atomic E-state index is 0.377. The number of hydrogen-bond donors (Lipinski definition) is 1. The molecule has 0 radical (unpaired) electrons. The Balaban J connectivity index is 1.70. The lowest BCUT2D eigenvalue weighted by molar-refractivity contribution is 0.110. The van der Waals surface area contributed by atoms with Crippen molar-refractivity contribution in [1.29, 1.82) is 0 Å². The summed E-state index contributed by atoms with van der Waals surface area (Å²) < 4.78 is 8.75. The Morgan fingerprint density at radius 2 is 2.09 bits per heavy atom. The molecule has 3 rings (SSSR count). The third-order valence-corrected chi connectivity index (χ3v) is 4.74. The van der Waals surface area contributed by atoms with Crippen LogP contribution in [0.4, 0.5) is 0 Å². The first kappa shape index (κ1) is 15.7. The van der Waals surface area contributed by atoms with E-state index in [0.29, 0.717) is 6.10 Å². The van der Waals surface area contributed by atoms with Crippen molar-refractivity contribution in [2.75, 3.05) is 13.2 Å². The molecular formula is C17H22BrN3O. The van der Waals surface area contributed by atoms with E-state index < -0.39 is 0 Å². The number of hydrogen-bond acceptors (Lipinski definition) is 3. The molecule has 1 saturated heterocycles. The first-order valence-electron chi connectivity index (χ1n) is 7.78. The third kappa shape index (κ3) is 3.42. The summed E-state index contributed by atoms with van der Waals surface area (Å²) in [6.07, 6.45) is 2.73. The van der Waals surface area contributed by atoms with Crippen LogP contribution in [0.15, 0.2) is 28.7 Å². The van der Waals surface area contributed by atoms with Gasteiger partial charge in [0.2, 0.25) is 0 Å². The minimum Gasteiger partial charge on any atom is -0.377 e. The normalized spacial score (nSPS) is 18.0. The maximum absolute atomic E-state index is 5.65. The number of aromatic nitrogens is 2. The van der Waals surface area contributed by atoms with Crippen LogP contribution in [0.1, 0.15) is 29.8 Å². The summed E-state index contributed by atoms with van der Waals surface area (Å²) in [6.45, 7) is 6.87. The zero-order chi connectivity index (χ0) is 15.5. The fourth-order valence-corrected chi connectivity index (χ4v) is 3.19. The second kappa shape index (κ2) is 6.94. The Morgan fingerprint density at radius 1 is 1.32 bits per heavy atom. The molecule has 0 amide bonds. The lowest BCUT2D eigenvalue weighted by atomic mass is 10.2. The highest BCUT2D eigenvalue weighted by Crippen LogP contribution is 2.20. The quantitative estimate of drug-likeness (QED) is 0.883. The van der Waals surface area contributed by atoms with Gasteiger partial charge in [-0.2, -0.15) is 5.10 Å². The Labute approximate surface area is 140 Å². The van der Waals surface area contributed by atoms with E-state index in [1.54, 1.807) is 0 Å². The number of nitrogens with zero attached hydrogens (tertiary/aromatic N) is 2. The highest BCUT2D eigenvalue weighted by atomic mass is 79.9. The molecular weight excluding hydrogens is 342 g/mol. The highest BCUT2D eigenvalue weighted by Gasteiger charge is 2.16. The summed E-state index contributed by atoms with van der Waals surface area (Å²) in [4.78, 5) is 0. The van der Waals surface area contributed by atoms with Crippen molar-refractivity contribution in [1.82, 2.24) is 15.1 Å². The van der Waals surface area contributed by atoms with Gasteiger partial charge in [0.05, 0.1) is 17.5 Å². The number of benzene rings is 1. The second-order valence-electron chi connectivity index (χ2n) is 5.80. The van der Waals surface area contributed by atoms with Crippen molar-refractivity contribution >= 4 is 15.9 Å². The van der Waals surface area contributed by atoms with Gasteiger partial charge in [-0.05, 0) is 51.0 Å². The van der Waals surface area contributed by atoms with Crippen LogP contribution in [-0.4, -0.2) is 29.0 Å². The van der Waals surface area contributed by atoms with Crippen LogP contribution in [-0.2, 0) is 11.3 Å². The lowest BCUT2D eigenvalue weighted by Gasteiger charge is -2.11. The van der Waals surface area contributed by atoms with Gasteiger partial charge < -0.3 is 10.1 Å². The van der Waals surface area contributed by atoms with Crippen molar-refractivity contribution in [2.24, 2.45) is 0 Å². The predicted octanol–water partition coefficient (Wildman–Crippen LogP) is 3.52. The maximum Gasteiger partial charge on any atom is 0.0700 e. The van der Waals surface area contributed by atoms with Crippen molar-refractivity contribution in [3.8, 4) is 5.69 Å². The summed E-state index contributed by atoms with van der Waals surface area (Å²) in [7, 11) is 0. The van der Waals surface area contributed by atoms with E-state index in [0.717, 1.165) is 35.6 Å². The fraction of sp³-hybridized carbons (Fsp3) is 0.471. The van der Waals surface area contributed by atoms with Crippen LogP contribution >= 0.6 is 15.9 Å². The zero-order valence-electron chi connectivity index (χ0n) is 13.1. The van der Waals surface area contributed by atoms with E-state index in [2.05, 4.69) is 47.2 Å². The van der Waals surface area contributed by atoms with Crippen LogP contribution in [0.2, 0.25) is 0 Å². The van der Waals surface area contributed by atoms with Crippen LogP contribution in [0, 0.1) is 13.8 Å². The Hall–Kier alpha value is -1.17. The van der Waals surface area contributed by atoms with Gasteiger partial charge in [0.1, 0.15) is 0 Å². The number of halogens is 1. The Kier molecular flexibility index (Phi) is 4.96. The van der Waals surface area contributed by atoms with E-state index in [4.69, 9.17) is 9.84 Å². The van der Waals surface area contributed by atoms with Crippen LogP contribution in [0.3, 0.4) is 0 Å². The van der Waals surface area contributed by atoms with Gasteiger partial charge in [0, 0.05) is 35.4 Å². The molecule has 0 saturated carbocycles. The van der Waals surface area contributed by atoms with Gasteiger partial charge >= 0.3 is 0 Å². The van der Waals surface area contributed by atoms with E-state index in [-0.39, 0.29) is 0 Å². The summed E-state index contributed by atoms with van der Waals surface area (Å²) in [5.41, 5.74) is 4.65. The maximum atomic E-state index is 5.65. The number of aryl methyl sites for hydroxylation is 1. The summed E-state index contributed by atoms with van der Waals surface area (Å²) in [5.74, 6) is 0. The van der Waals surface area contributed by atoms with E-state index in [9.17, 15) is 0 Å². The molecule has 1 aliphatic rings. The highest BCUT2D eigenvalue weighted by molar-refractivity contribution is 9.10. The molecule has 0 spiro atoms. The summed E-state index contributed by atoms with van der Waals surface area (Å²) in [6, 6.07) is 8.24. The van der Waals surface area contributed by atoms with Crippen LogP contribution in [0.25, 0.3) is 5.69 Å². The number of nitrogens with one attached hydrogen (secondary N) is 1.